The lowest BCUT2D eigenvalue weighted by Crippen LogP contribution is -2.34. The molecular weight excluding hydrogens is 276 g/mol. The summed E-state index contributed by atoms with van der Waals surface area (Å²) >= 11 is 0. The summed E-state index contributed by atoms with van der Waals surface area (Å²) in [5.41, 5.74) is 2.61. The van der Waals surface area contributed by atoms with Gasteiger partial charge in [0, 0.05) is 11.6 Å². The number of ether oxygens (including phenoxy) is 1. The average Bonchev–Trinajstić information content (AvgIpc) is 3.00. The number of hydrogen-bond acceptors (Lipinski definition) is 4. The number of hydrogen-bond donors (Lipinski definition) is 1. The van der Waals surface area contributed by atoms with Crippen molar-refractivity contribution in [2.75, 3.05) is 13.1 Å². The fourth-order valence-corrected chi connectivity index (χ4v) is 2.79. The van der Waals surface area contributed by atoms with E-state index in [0.717, 1.165) is 48.3 Å². The summed E-state index contributed by atoms with van der Waals surface area (Å²) in [6, 6.07) is 15.8. The number of oxazole rings is 1. The maximum absolute atomic E-state index is 6.06. The van der Waals surface area contributed by atoms with Crippen LogP contribution in [0.25, 0.3) is 22.6 Å². The van der Waals surface area contributed by atoms with E-state index in [-0.39, 0.29) is 0 Å². The fourth-order valence-electron chi connectivity index (χ4n) is 2.79. The number of benzene rings is 2. The Morgan fingerprint density at radius 1 is 1.05 bits per heavy atom. The third kappa shape index (κ3) is 2.70. The van der Waals surface area contributed by atoms with E-state index in [0.29, 0.717) is 12.0 Å². The smallest absolute Gasteiger partial charge is 0.227 e. The van der Waals surface area contributed by atoms with Crippen LogP contribution in [0.5, 0.6) is 5.75 Å². The van der Waals surface area contributed by atoms with Gasteiger partial charge >= 0.3 is 0 Å². The second-order valence-corrected chi connectivity index (χ2v) is 5.58. The summed E-state index contributed by atoms with van der Waals surface area (Å²) in [5.74, 6) is 1.52. The highest BCUT2D eigenvalue weighted by molar-refractivity contribution is 5.77. The third-order valence-electron chi connectivity index (χ3n) is 3.97. The molecule has 2 heterocycles. The molecule has 4 heteroatoms. The van der Waals surface area contributed by atoms with E-state index in [1.165, 1.54) is 0 Å². The Bertz CT molecular complexity index is 761. The molecule has 0 amide bonds. The second-order valence-electron chi connectivity index (χ2n) is 5.58. The lowest BCUT2D eigenvalue weighted by atomic mass is 10.1. The van der Waals surface area contributed by atoms with Crippen molar-refractivity contribution in [2.24, 2.45) is 0 Å². The normalized spacial score (nSPS) is 16.0. The van der Waals surface area contributed by atoms with E-state index in [9.17, 15) is 0 Å². The molecule has 3 aromatic rings. The van der Waals surface area contributed by atoms with Crippen LogP contribution in [0, 0.1) is 0 Å². The Labute approximate surface area is 129 Å². The van der Waals surface area contributed by atoms with E-state index in [4.69, 9.17) is 9.15 Å². The van der Waals surface area contributed by atoms with Crippen molar-refractivity contribution in [3.8, 4) is 17.2 Å². The molecule has 4 nitrogen and oxygen atoms in total. The quantitative estimate of drug-likeness (QED) is 0.801. The molecule has 0 unspecified atom stereocenters. The maximum atomic E-state index is 6.06. The first-order valence-electron chi connectivity index (χ1n) is 7.72. The van der Waals surface area contributed by atoms with Gasteiger partial charge in [-0.25, -0.2) is 4.98 Å². The predicted octanol–water partition coefficient (Wildman–Crippen LogP) is 3.63. The standard InChI is InChI=1S/C18H18N2O2/c1-2-4-13(5-3-1)18-20-16-12-15(6-7-17(16)22-18)21-14-8-10-19-11-9-14/h1-7,12,14,19H,8-11H2. The zero-order valence-electron chi connectivity index (χ0n) is 12.3. The summed E-state index contributed by atoms with van der Waals surface area (Å²) in [6.07, 6.45) is 2.39. The molecule has 0 aliphatic carbocycles. The lowest BCUT2D eigenvalue weighted by Gasteiger charge is -2.23. The van der Waals surface area contributed by atoms with Crippen LogP contribution in [0.3, 0.4) is 0 Å². The molecule has 0 saturated carbocycles. The van der Waals surface area contributed by atoms with E-state index >= 15 is 0 Å². The first-order valence-corrected chi connectivity index (χ1v) is 7.72. The molecule has 1 saturated heterocycles. The summed E-state index contributed by atoms with van der Waals surface area (Å²) in [5, 5.41) is 3.34. The minimum atomic E-state index is 0.291. The Balaban J connectivity index is 1.60. The zero-order chi connectivity index (χ0) is 14.8. The van der Waals surface area contributed by atoms with Gasteiger partial charge < -0.3 is 14.5 Å². The van der Waals surface area contributed by atoms with Gasteiger partial charge in [0.25, 0.3) is 0 Å². The van der Waals surface area contributed by atoms with Crippen LogP contribution in [0.1, 0.15) is 12.8 Å². The third-order valence-corrected chi connectivity index (χ3v) is 3.97. The Morgan fingerprint density at radius 3 is 2.68 bits per heavy atom. The van der Waals surface area contributed by atoms with Crippen LogP contribution in [0.15, 0.2) is 52.9 Å². The minimum absolute atomic E-state index is 0.291. The van der Waals surface area contributed by atoms with Gasteiger partial charge in [0.05, 0.1) is 0 Å². The minimum Gasteiger partial charge on any atom is -0.490 e. The molecule has 22 heavy (non-hydrogen) atoms. The monoisotopic (exact) mass is 294 g/mol. The van der Waals surface area contributed by atoms with Gasteiger partial charge in [0.15, 0.2) is 5.58 Å². The van der Waals surface area contributed by atoms with Crippen molar-refractivity contribution in [3.63, 3.8) is 0 Å². The predicted molar refractivity (Wildman–Crippen MR) is 86.0 cm³/mol. The highest BCUT2D eigenvalue weighted by Gasteiger charge is 2.15. The number of fused-ring (bicyclic) bond motifs is 1. The molecule has 112 valence electrons. The van der Waals surface area contributed by atoms with Crippen LogP contribution in [0.2, 0.25) is 0 Å². The van der Waals surface area contributed by atoms with Gasteiger partial charge in [0.1, 0.15) is 17.4 Å². The van der Waals surface area contributed by atoms with E-state index < -0.39 is 0 Å². The summed E-state index contributed by atoms with van der Waals surface area (Å²) in [7, 11) is 0. The SMILES string of the molecule is c1ccc(-c2nc3cc(OC4CCNCC4)ccc3o2)cc1. The summed E-state index contributed by atoms with van der Waals surface area (Å²) in [4.78, 5) is 4.58. The Hall–Kier alpha value is -2.33. The summed E-state index contributed by atoms with van der Waals surface area (Å²) < 4.78 is 11.9. The molecule has 2 aromatic carbocycles. The molecule has 4 rings (SSSR count). The number of nitrogens with one attached hydrogen (secondary N) is 1. The Kier molecular flexibility index (Phi) is 3.52. The highest BCUT2D eigenvalue weighted by atomic mass is 16.5. The van der Waals surface area contributed by atoms with Crippen LogP contribution in [-0.2, 0) is 0 Å². The van der Waals surface area contributed by atoms with Crippen molar-refractivity contribution < 1.29 is 9.15 Å². The maximum Gasteiger partial charge on any atom is 0.227 e. The molecule has 1 fully saturated rings. The van der Waals surface area contributed by atoms with Crippen molar-refractivity contribution >= 4 is 11.1 Å². The van der Waals surface area contributed by atoms with Crippen LogP contribution in [0.4, 0.5) is 0 Å². The van der Waals surface area contributed by atoms with E-state index in [2.05, 4.69) is 10.3 Å². The van der Waals surface area contributed by atoms with Gasteiger partial charge in [-0.15, -0.1) is 0 Å². The lowest BCUT2D eigenvalue weighted by molar-refractivity contribution is 0.162. The molecule has 0 bridgehead atoms. The number of nitrogens with zero attached hydrogens (tertiary/aromatic N) is 1. The molecule has 1 aromatic heterocycles. The molecule has 1 N–H and O–H groups in total. The second kappa shape index (κ2) is 5.81. The van der Waals surface area contributed by atoms with Crippen molar-refractivity contribution in [2.45, 2.75) is 18.9 Å². The van der Waals surface area contributed by atoms with Crippen molar-refractivity contribution in [3.05, 3.63) is 48.5 Å². The highest BCUT2D eigenvalue weighted by Crippen LogP contribution is 2.27. The molecule has 0 spiro atoms. The first-order chi connectivity index (χ1) is 10.9. The van der Waals surface area contributed by atoms with Gasteiger partial charge in [-0.2, -0.15) is 0 Å². The van der Waals surface area contributed by atoms with Crippen LogP contribution in [-0.4, -0.2) is 24.2 Å². The van der Waals surface area contributed by atoms with E-state index in [1.807, 2.05) is 48.5 Å². The molecule has 1 aliphatic rings. The van der Waals surface area contributed by atoms with Crippen LogP contribution >= 0.6 is 0 Å². The number of aromatic nitrogens is 1. The van der Waals surface area contributed by atoms with Gasteiger partial charge in [0.2, 0.25) is 5.89 Å². The molecule has 0 atom stereocenters. The number of rotatable bonds is 3. The Morgan fingerprint density at radius 2 is 1.86 bits per heavy atom. The van der Waals surface area contributed by atoms with Crippen molar-refractivity contribution in [1.82, 2.24) is 10.3 Å². The average molecular weight is 294 g/mol. The molecule has 0 radical (unpaired) electrons. The van der Waals surface area contributed by atoms with Crippen LogP contribution < -0.4 is 10.1 Å². The largest absolute Gasteiger partial charge is 0.490 e. The molecular formula is C18H18N2O2. The summed E-state index contributed by atoms with van der Waals surface area (Å²) in [6.45, 7) is 2.05. The van der Waals surface area contributed by atoms with Gasteiger partial charge in [-0.05, 0) is 50.2 Å². The van der Waals surface area contributed by atoms with Gasteiger partial charge in [-0.1, -0.05) is 18.2 Å². The zero-order valence-corrected chi connectivity index (χ0v) is 12.3. The van der Waals surface area contributed by atoms with Crippen molar-refractivity contribution in [1.29, 1.82) is 0 Å². The van der Waals surface area contributed by atoms with Gasteiger partial charge in [-0.3, -0.25) is 0 Å². The van der Waals surface area contributed by atoms with E-state index in [1.54, 1.807) is 0 Å². The molecule has 1 aliphatic heterocycles. The first kappa shape index (κ1) is 13.3. The fraction of sp³-hybridized carbons (Fsp3) is 0.278. The topological polar surface area (TPSA) is 47.3 Å². The number of piperidine rings is 1.